The normalized spacial score (nSPS) is 10.1. The number of carbonyl (C=O) groups is 1. The van der Waals surface area contributed by atoms with E-state index in [4.69, 9.17) is 0 Å². The fourth-order valence-corrected chi connectivity index (χ4v) is 2.10. The highest BCUT2D eigenvalue weighted by Gasteiger charge is 2.02. The molecular formula is C18H16N4O. The molecule has 0 fully saturated rings. The number of hydrogen-bond acceptors (Lipinski definition) is 5. The van der Waals surface area contributed by atoms with Crippen molar-refractivity contribution in [2.75, 3.05) is 10.6 Å². The lowest BCUT2D eigenvalue weighted by molar-refractivity contribution is 0.101. The lowest BCUT2D eigenvalue weighted by Gasteiger charge is -2.09. The SMILES string of the molecule is CC(=O)c1ccc(Nc2cc(Nc3ccccc3)ncn2)cc1. The summed E-state index contributed by atoms with van der Waals surface area (Å²) in [6.45, 7) is 1.55. The summed E-state index contributed by atoms with van der Waals surface area (Å²) in [7, 11) is 0. The van der Waals surface area contributed by atoms with Crippen LogP contribution in [0.4, 0.5) is 23.0 Å². The van der Waals surface area contributed by atoms with Crippen LogP contribution in [0, 0.1) is 0 Å². The fraction of sp³-hybridized carbons (Fsp3) is 0.0556. The van der Waals surface area contributed by atoms with Gasteiger partial charge in [0.15, 0.2) is 5.78 Å². The first kappa shape index (κ1) is 14.7. The Labute approximate surface area is 134 Å². The van der Waals surface area contributed by atoms with Gasteiger partial charge in [-0.05, 0) is 43.3 Å². The molecule has 5 heteroatoms. The van der Waals surface area contributed by atoms with Crippen LogP contribution in [0.3, 0.4) is 0 Å². The van der Waals surface area contributed by atoms with Gasteiger partial charge in [-0.2, -0.15) is 0 Å². The van der Waals surface area contributed by atoms with Crippen molar-refractivity contribution in [3.05, 3.63) is 72.6 Å². The second-order valence-corrected chi connectivity index (χ2v) is 5.04. The van der Waals surface area contributed by atoms with Gasteiger partial charge < -0.3 is 10.6 Å². The van der Waals surface area contributed by atoms with Crippen LogP contribution in [0.5, 0.6) is 0 Å². The van der Waals surface area contributed by atoms with Crippen LogP contribution in [0.15, 0.2) is 67.0 Å². The monoisotopic (exact) mass is 304 g/mol. The minimum atomic E-state index is 0.0490. The van der Waals surface area contributed by atoms with E-state index in [0.29, 0.717) is 17.2 Å². The van der Waals surface area contributed by atoms with Crippen LogP contribution >= 0.6 is 0 Å². The number of anilines is 4. The Kier molecular flexibility index (Phi) is 4.29. The molecule has 1 aromatic heterocycles. The van der Waals surface area contributed by atoms with Crippen molar-refractivity contribution >= 4 is 28.8 Å². The number of para-hydroxylation sites is 1. The Balaban J connectivity index is 1.73. The molecule has 0 unspecified atom stereocenters. The largest absolute Gasteiger partial charge is 0.340 e. The lowest BCUT2D eigenvalue weighted by atomic mass is 10.1. The van der Waals surface area contributed by atoms with Gasteiger partial charge in [0.05, 0.1) is 0 Å². The molecule has 5 nitrogen and oxygen atoms in total. The summed E-state index contributed by atoms with van der Waals surface area (Å²) in [5.74, 6) is 1.43. The van der Waals surface area contributed by atoms with Gasteiger partial charge in [-0.15, -0.1) is 0 Å². The van der Waals surface area contributed by atoms with Gasteiger partial charge in [0, 0.05) is 23.0 Å². The van der Waals surface area contributed by atoms with Crippen molar-refractivity contribution in [2.45, 2.75) is 6.92 Å². The minimum absolute atomic E-state index is 0.0490. The third-order valence-corrected chi connectivity index (χ3v) is 3.28. The third-order valence-electron chi connectivity index (χ3n) is 3.28. The van der Waals surface area contributed by atoms with Crippen molar-refractivity contribution in [3.8, 4) is 0 Å². The summed E-state index contributed by atoms with van der Waals surface area (Å²) in [6, 6.07) is 18.9. The van der Waals surface area contributed by atoms with Crippen LogP contribution in [0.2, 0.25) is 0 Å². The minimum Gasteiger partial charge on any atom is -0.340 e. The maximum atomic E-state index is 11.3. The summed E-state index contributed by atoms with van der Waals surface area (Å²) < 4.78 is 0. The summed E-state index contributed by atoms with van der Waals surface area (Å²) in [6.07, 6.45) is 1.50. The molecule has 0 aliphatic heterocycles. The number of hydrogen-bond donors (Lipinski definition) is 2. The number of nitrogens with one attached hydrogen (secondary N) is 2. The van der Waals surface area contributed by atoms with E-state index in [1.54, 1.807) is 19.1 Å². The number of rotatable bonds is 5. The zero-order chi connectivity index (χ0) is 16.1. The second-order valence-electron chi connectivity index (χ2n) is 5.04. The zero-order valence-corrected chi connectivity index (χ0v) is 12.7. The quantitative estimate of drug-likeness (QED) is 0.693. The number of carbonyl (C=O) groups excluding carboxylic acids is 1. The molecule has 2 aromatic carbocycles. The molecule has 0 radical (unpaired) electrons. The Morgan fingerprint density at radius 2 is 1.39 bits per heavy atom. The fourth-order valence-electron chi connectivity index (χ4n) is 2.10. The highest BCUT2D eigenvalue weighted by molar-refractivity contribution is 5.94. The molecule has 0 saturated carbocycles. The average molecular weight is 304 g/mol. The highest BCUT2D eigenvalue weighted by Crippen LogP contribution is 2.19. The van der Waals surface area contributed by atoms with Gasteiger partial charge in [0.25, 0.3) is 0 Å². The van der Waals surface area contributed by atoms with Crippen molar-refractivity contribution in [3.63, 3.8) is 0 Å². The first-order valence-corrected chi connectivity index (χ1v) is 7.23. The Morgan fingerprint density at radius 1 is 0.826 bits per heavy atom. The maximum absolute atomic E-state index is 11.3. The Bertz CT molecular complexity index is 801. The van der Waals surface area contributed by atoms with Gasteiger partial charge in [-0.3, -0.25) is 4.79 Å². The molecule has 0 aliphatic rings. The predicted molar refractivity (Wildman–Crippen MR) is 91.5 cm³/mol. The summed E-state index contributed by atoms with van der Waals surface area (Å²) in [4.78, 5) is 19.7. The van der Waals surface area contributed by atoms with Crippen LogP contribution in [-0.4, -0.2) is 15.8 Å². The van der Waals surface area contributed by atoms with Crippen LogP contribution < -0.4 is 10.6 Å². The van der Waals surface area contributed by atoms with E-state index in [-0.39, 0.29) is 5.78 Å². The number of ketones is 1. The number of Topliss-reactive ketones (excluding diaryl/α,β-unsaturated/α-hetero) is 1. The molecule has 23 heavy (non-hydrogen) atoms. The maximum Gasteiger partial charge on any atom is 0.159 e. The van der Waals surface area contributed by atoms with E-state index < -0.39 is 0 Å². The van der Waals surface area contributed by atoms with Gasteiger partial charge in [-0.1, -0.05) is 18.2 Å². The molecule has 3 aromatic rings. The molecule has 0 atom stereocenters. The number of aromatic nitrogens is 2. The first-order valence-electron chi connectivity index (χ1n) is 7.23. The standard InChI is InChI=1S/C18H16N4O/c1-13(23)14-7-9-16(10-8-14)22-18-11-17(19-12-20-18)21-15-5-3-2-4-6-15/h2-12H,1H3,(H2,19,20,21,22). The molecule has 3 rings (SSSR count). The first-order chi connectivity index (χ1) is 11.2. The van der Waals surface area contributed by atoms with Crippen molar-refractivity contribution in [1.82, 2.24) is 9.97 Å². The van der Waals surface area contributed by atoms with E-state index >= 15 is 0 Å². The predicted octanol–water partition coefficient (Wildman–Crippen LogP) is 4.17. The van der Waals surface area contributed by atoms with Crippen LogP contribution in [0.25, 0.3) is 0 Å². The molecule has 0 amide bonds. The molecular weight excluding hydrogens is 288 g/mol. The smallest absolute Gasteiger partial charge is 0.159 e. The molecule has 114 valence electrons. The molecule has 2 N–H and O–H groups in total. The summed E-state index contributed by atoms with van der Waals surface area (Å²) in [5.41, 5.74) is 2.51. The number of nitrogens with zero attached hydrogens (tertiary/aromatic N) is 2. The molecule has 0 aliphatic carbocycles. The van der Waals surface area contributed by atoms with Crippen LogP contribution in [0.1, 0.15) is 17.3 Å². The molecule has 0 bridgehead atoms. The van der Waals surface area contributed by atoms with E-state index in [0.717, 1.165) is 11.4 Å². The van der Waals surface area contributed by atoms with Crippen molar-refractivity contribution < 1.29 is 4.79 Å². The van der Waals surface area contributed by atoms with E-state index in [2.05, 4.69) is 20.6 Å². The van der Waals surface area contributed by atoms with E-state index in [1.165, 1.54) is 6.33 Å². The third kappa shape index (κ3) is 3.91. The topological polar surface area (TPSA) is 66.9 Å². The Hall–Kier alpha value is -3.21. The zero-order valence-electron chi connectivity index (χ0n) is 12.7. The second kappa shape index (κ2) is 6.70. The lowest BCUT2D eigenvalue weighted by Crippen LogP contribution is -1.99. The van der Waals surface area contributed by atoms with Gasteiger partial charge in [0.2, 0.25) is 0 Å². The average Bonchev–Trinajstić information content (AvgIpc) is 2.57. The van der Waals surface area contributed by atoms with Crippen molar-refractivity contribution in [2.24, 2.45) is 0 Å². The van der Waals surface area contributed by atoms with E-state index in [1.807, 2.05) is 48.5 Å². The van der Waals surface area contributed by atoms with E-state index in [9.17, 15) is 4.79 Å². The number of benzene rings is 2. The Morgan fingerprint density at radius 3 is 1.96 bits per heavy atom. The molecule has 0 saturated heterocycles. The van der Waals surface area contributed by atoms with Crippen molar-refractivity contribution in [1.29, 1.82) is 0 Å². The highest BCUT2D eigenvalue weighted by atomic mass is 16.1. The summed E-state index contributed by atoms with van der Waals surface area (Å²) in [5, 5.41) is 6.41. The molecule has 0 spiro atoms. The van der Waals surface area contributed by atoms with Gasteiger partial charge in [0.1, 0.15) is 18.0 Å². The van der Waals surface area contributed by atoms with Crippen LogP contribution in [-0.2, 0) is 0 Å². The summed E-state index contributed by atoms with van der Waals surface area (Å²) >= 11 is 0. The van der Waals surface area contributed by atoms with Gasteiger partial charge in [-0.25, -0.2) is 9.97 Å². The van der Waals surface area contributed by atoms with Gasteiger partial charge >= 0.3 is 0 Å². The molecule has 1 heterocycles.